The van der Waals surface area contributed by atoms with Gasteiger partial charge in [-0.1, -0.05) is 36.4 Å². The summed E-state index contributed by atoms with van der Waals surface area (Å²) in [5.41, 5.74) is 3.73. The van der Waals surface area contributed by atoms with E-state index in [0.717, 1.165) is 17.3 Å². The van der Waals surface area contributed by atoms with Crippen molar-refractivity contribution in [3.8, 4) is 22.6 Å². The van der Waals surface area contributed by atoms with Gasteiger partial charge in [0.1, 0.15) is 5.69 Å². The van der Waals surface area contributed by atoms with Crippen LogP contribution in [0.15, 0.2) is 55.1 Å². The van der Waals surface area contributed by atoms with Crippen molar-refractivity contribution >= 4 is 0 Å². The summed E-state index contributed by atoms with van der Waals surface area (Å²) in [6.45, 7) is 1.86. The van der Waals surface area contributed by atoms with Crippen LogP contribution in [0, 0.1) is 24.4 Å². The van der Waals surface area contributed by atoms with Gasteiger partial charge in [0.25, 0.3) is 0 Å². The highest BCUT2D eigenvalue weighted by molar-refractivity contribution is 5.77. The van der Waals surface area contributed by atoms with Crippen molar-refractivity contribution in [3.63, 3.8) is 0 Å². The molecule has 4 nitrogen and oxygen atoms in total. The van der Waals surface area contributed by atoms with Crippen LogP contribution in [0.25, 0.3) is 22.6 Å². The van der Waals surface area contributed by atoms with Gasteiger partial charge in [-0.05, 0) is 13.0 Å². The van der Waals surface area contributed by atoms with Crippen molar-refractivity contribution in [2.24, 2.45) is 0 Å². The van der Waals surface area contributed by atoms with Gasteiger partial charge in [-0.15, -0.1) is 0 Å². The van der Waals surface area contributed by atoms with Gasteiger partial charge in [0.15, 0.2) is 17.5 Å². The molecule has 27 heavy (non-hydrogen) atoms. The molecule has 2 heterocycles. The van der Waals surface area contributed by atoms with Crippen LogP contribution < -0.4 is 0 Å². The molecular formula is C20H15F3N4. The number of hydrogen-bond donors (Lipinski definition) is 1. The van der Waals surface area contributed by atoms with Crippen molar-refractivity contribution in [2.75, 3.05) is 0 Å². The van der Waals surface area contributed by atoms with E-state index in [1.807, 2.05) is 37.3 Å². The molecule has 0 bridgehead atoms. The molecule has 2 aromatic heterocycles. The van der Waals surface area contributed by atoms with Crippen LogP contribution in [0.3, 0.4) is 0 Å². The molecule has 0 radical (unpaired) electrons. The Morgan fingerprint density at radius 2 is 1.70 bits per heavy atom. The number of benzene rings is 2. The van der Waals surface area contributed by atoms with Crippen molar-refractivity contribution in [1.82, 2.24) is 19.5 Å². The fraction of sp³-hybridized carbons (Fsp3) is 0.100. The second kappa shape index (κ2) is 6.75. The van der Waals surface area contributed by atoms with E-state index in [0.29, 0.717) is 17.1 Å². The molecule has 4 aromatic rings. The van der Waals surface area contributed by atoms with Crippen LogP contribution in [-0.4, -0.2) is 19.5 Å². The maximum absolute atomic E-state index is 14.2. The summed E-state index contributed by atoms with van der Waals surface area (Å²) in [5.74, 6) is -3.89. The van der Waals surface area contributed by atoms with Crippen molar-refractivity contribution in [1.29, 1.82) is 0 Å². The number of halogens is 3. The average Bonchev–Trinajstić information content (AvgIpc) is 3.28. The third kappa shape index (κ3) is 3.01. The molecular weight excluding hydrogens is 353 g/mol. The number of aromatic amines is 1. The van der Waals surface area contributed by atoms with Gasteiger partial charge in [-0.3, -0.25) is 0 Å². The van der Waals surface area contributed by atoms with Gasteiger partial charge in [0, 0.05) is 16.8 Å². The second-order valence-corrected chi connectivity index (χ2v) is 6.15. The van der Waals surface area contributed by atoms with Gasteiger partial charge >= 0.3 is 0 Å². The molecule has 0 aliphatic rings. The first-order valence-corrected chi connectivity index (χ1v) is 8.29. The molecule has 136 valence electrons. The zero-order valence-electron chi connectivity index (χ0n) is 14.4. The summed E-state index contributed by atoms with van der Waals surface area (Å²) < 4.78 is 42.7. The maximum atomic E-state index is 14.2. The number of H-pyrrole nitrogens is 1. The lowest BCUT2D eigenvalue weighted by molar-refractivity contribution is 0.439. The Bertz CT molecular complexity index is 1100. The van der Waals surface area contributed by atoms with E-state index in [1.165, 1.54) is 6.07 Å². The molecule has 2 aromatic carbocycles. The Morgan fingerprint density at radius 1 is 0.926 bits per heavy atom. The number of imidazole rings is 2. The van der Waals surface area contributed by atoms with Crippen LogP contribution in [0.2, 0.25) is 0 Å². The number of aryl methyl sites for hydroxylation is 1. The summed E-state index contributed by atoms with van der Waals surface area (Å²) in [4.78, 5) is 11.8. The summed E-state index contributed by atoms with van der Waals surface area (Å²) >= 11 is 0. The second-order valence-electron chi connectivity index (χ2n) is 6.15. The zero-order valence-corrected chi connectivity index (χ0v) is 14.4. The first-order valence-electron chi connectivity index (χ1n) is 8.29. The van der Waals surface area contributed by atoms with Crippen LogP contribution in [-0.2, 0) is 6.54 Å². The van der Waals surface area contributed by atoms with E-state index >= 15 is 0 Å². The highest BCUT2D eigenvalue weighted by Gasteiger charge is 2.20. The number of nitrogens with zero attached hydrogens (tertiary/aromatic N) is 3. The first-order chi connectivity index (χ1) is 13.1. The maximum Gasteiger partial charge on any atom is 0.194 e. The molecule has 0 aliphatic heterocycles. The van der Waals surface area contributed by atoms with Gasteiger partial charge in [0.05, 0.1) is 30.6 Å². The molecule has 0 fully saturated rings. The van der Waals surface area contributed by atoms with Gasteiger partial charge in [-0.2, -0.15) is 0 Å². The summed E-state index contributed by atoms with van der Waals surface area (Å²) in [6, 6.07) is 11.7. The summed E-state index contributed by atoms with van der Waals surface area (Å²) in [7, 11) is 0. The van der Waals surface area contributed by atoms with E-state index in [4.69, 9.17) is 0 Å². The molecule has 0 atom stereocenters. The topological polar surface area (TPSA) is 46.5 Å². The number of nitrogens with one attached hydrogen (secondary N) is 1. The fourth-order valence-corrected chi connectivity index (χ4v) is 3.03. The lowest BCUT2D eigenvalue weighted by atomic mass is 10.1. The van der Waals surface area contributed by atoms with Gasteiger partial charge < -0.3 is 9.55 Å². The number of rotatable bonds is 4. The lowest BCUT2D eigenvalue weighted by Gasteiger charge is -2.11. The predicted octanol–water partition coefficient (Wildman–Crippen LogP) is 4.71. The van der Waals surface area contributed by atoms with E-state index in [9.17, 15) is 13.2 Å². The minimum absolute atomic E-state index is 0.00942. The quantitative estimate of drug-likeness (QED) is 0.530. The smallest absolute Gasteiger partial charge is 0.194 e. The zero-order chi connectivity index (χ0) is 19.0. The molecule has 0 saturated heterocycles. The number of hydrogen-bond acceptors (Lipinski definition) is 2. The van der Waals surface area contributed by atoms with Crippen LogP contribution >= 0.6 is 0 Å². The average molecular weight is 368 g/mol. The third-order valence-electron chi connectivity index (χ3n) is 4.40. The molecule has 0 aliphatic carbocycles. The molecule has 4 rings (SSSR count). The van der Waals surface area contributed by atoms with Crippen molar-refractivity contribution < 1.29 is 13.2 Å². The van der Waals surface area contributed by atoms with E-state index < -0.39 is 17.5 Å². The van der Waals surface area contributed by atoms with Crippen LogP contribution in [0.5, 0.6) is 0 Å². The predicted molar refractivity (Wildman–Crippen MR) is 95.4 cm³/mol. The molecule has 0 unspecified atom stereocenters. The van der Waals surface area contributed by atoms with E-state index in [2.05, 4.69) is 15.0 Å². The van der Waals surface area contributed by atoms with Crippen LogP contribution in [0.4, 0.5) is 13.2 Å². The Balaban J connectivity index is 1.86. The van der Waals surface area contributed by atoms with E-state index in [-0.39, 0.29) is 12.1 Å². The monoisotopic (exact) mass is 368 g/mol. The highest BCUT2D eigenvalue weighted by Crippen LogP contribution is 2.32. The van der Waals surface area contributed by atoms with Gasteiger partial charge in [0.2, 0.25) is 0 Å². The Hall–Kier alpha value is -3.35. The Labute approximate surface area is 153 Å². The molecule has 0 spiro atoms. The molecule has 7 heteroatoms. The van der Waals surface area contributed by atoms with E-state index in [1.54, 1.807) is 17.2 Å². The fourth-order valence-electron chi connectivity index (χ4n) is 3.03. The SMILES string of the molecule is Cc1[nH]cnc1-c1c(-c2ccccc2)ncn1Cc1ccc(F)c(F)c1F. The lowest BCUT2D eigenvalue weighted by Crippen LogP contribution is -2.06. The molecule has 0 amide bonds. The summed E-state index contributed by atoms with van der Waals surface area (Å²) in [6.07, 6.45) is 3.11. The normalized spacial score (nSPS) is 11.1. The van der Waals surface area contributed by atoms with Crippen molar-refractivity contribution in [2.45, 2.75) is 13.5 Å². The molecule has 0 saturated carbocycles. The van der Waals surface area contributed by atoms with Crippen LogP contribution in [0.1, 0.15) is 11.3 Å². The summed E-state index contributed by atoms with van der Waals surface area (Å²) in [5, 5.41) is 0. The van der Waals surface area contributed by atoms with Crippen molar-refractivity contribution in [3.05, 3.63) is 83.8 Å². The molecule has 1 N–H and O–H groups in total. The largest absolute Gasteiger partial charge is 0.348 e. The first kappa shape index (κ1) is 17.1. The number of aromatic nitrogens is 4. The minimum Gasteiger partial charge on any atom is -0.348 e. The highest BCUT2D eigenvalue weighted by atomic mass is 19.2. The standard InChI is InChI=1S/C20H15F3N4/c1-12-18(25-10-24-12)20-19(13-5-3-2-4-6-13)26-11-27(20)9-14-7-8-15(21)17(23)16(14)22/h2-8,10-11H,9H2,1H3,(H,24,25). The Morgan fingerprint density at radius 3 is 2.41 bits per heavy atom. The minimum atomic E-state index is -1.48. The Kier molecular flexibility index (Phi) is 4.27. The third-order valence-corrected chi connectivity index (χ3v) is 4.40. The van der Waals surface area contributed by atoms with Gasteiger partial charge in [-0.25, -0.2) is 23.1 Å².